The van der Waals surface area contributed by atoms with Gasteiger partial charge in [-0.3, -0.25) is 20.6 Å². The summed E-state index contributed by atoms with van der Waals surface area (Å²) in [6.45, 7) is 4.96. The van der Waals surface area contributed by atoms with Crippen LogP contribution in [0, 0.1) is 10.8 Å². The number of nitrogens with zero attached hydrogens (tertiary/aromatic N) is 4. The van der Waals surface area contributed by atoms with Gasteiger partial charge < -0.3 is 25.6 Å². The van der Waals surface area contributed by atoms with Gasteiger partial charge in [-0.15, -0.1) is 0 Å². The second-order valence-corrected chi connectivity index (χ2v) is 6.66. The molecule has 0 radical (unpaired) electrons. The number of anilines is 1. The van der Waals surface area contributed by atoms with Gasteiger partial charge in [0.1, 0.15) is 17.1 Å². The van der Waals surface area contributed by atoms with E-state index in [4.69, 9.17) is 21.3 Å². The molecule has 1 heterocycles. The highest BCUT2D eigenvalue weighted by Crippen LogP contribution is 2.11. The number of nitrogens with one attached hydrogen (secondary N) is 3. The summed E-state index contributed by atoms with van der Waals surface area (Å²) in [4.78, 5) is 24.6. The number of hydrogen-bond donors (Lipinski definition) is 4. The van der Waals surface area contributed by atoms with Gasteiger partial charge in [0.05, 0.1) is 20.0 Å². The largest absolute Gasteiger partial charge is 0.482 e. The topological polar surface area (TPSA) is 144 Å². The lowest BCUT2D eigenvalue weighted by atomic mass is 10.2. The third-order valence-electron chi connectivity index (χ3n) is 3.81. The maximum absolute atomic E-state index is 12.6. The van der Waals surface area contributed by atoms with Crippen molar-refractivity contribution in [1.29, 1.82) is 10.8 Å². The molecule has 0 atom stereocenters. The number of aliphatic imine (C=N–C) groups is 1. The molecule has 1 amide bonds. The van der Waals surface area contributed by atoms with E-state index in [9.17, 15) is 4.79 Å². The van der Waals surface area contributed by atoms with Crippen molar-refractivity contribution in [2.75, 3.05) is 39.6 Å². The number of pyridine rings is 1. The Hall–Kier alpha value is -3.27. The van der Waals surface area contributed by atoms with Crippen LogP contribution in [0.2, 0.25) is 0 Å². The number of carbonyl (C=O) groups excluding carboxylic acids is 1. The minimum absolute atomic E-state index is 0.0588. The Kier molecular flexibility index (Phi) is 9.46. The third-order valence-corrected chi connectivity index (χ3v) is 3.81. The molecule has 5 N–H and O–H groups in total. The molecule has 0 spiro atoms. The fourth-order valence-electron chi connectivity index (χ4n) is 2.18. The van der Waals surface area contributed by atoms with Gasteiger partial charge in [0.2, 0.25) is 0 Å². The second kappa shape index (κ2) is 11.5. The standard InChI is InChI=1S/C19H30N8O2/c1-13(2)27(12-20)17(21)15-7-6-8-16(24-15)25-19(28)14(18(22)29-5)11-23-9-10-26(3)4/h6-8,11-13,20-21H,9-10,22H2,1-5H3,(H,24,25,28). The van der Waals surface area contributed by atoms with Crippen molar-refractivity contribution in [1.82, 2.24) is 14.8 Å². The number of methoxy groups -OCH3 is 1. The van der Waals surface area contributed by atoms with E-state index >= 15 is 0 Å². The molecular weight excluding hydrogens is 372 g/mol. The maximum atomic E-state index is 12.6. The Morgan fingerprint density at radius 1 is 1.41 bits per heavy atom. The predicted octanol–water partition coefficient (Wildman–Crippen LogP) is 1.11. The molecule has 0 aliphatic rings. The first-order valence-corrected chi connectivity index (χ1v) is 9.05. The number of amidine groups is 1. The SMILES string of the molecule is COC(N)=C(C=NCCN(C)C)C(=O)Nc1cccc(C(=N)N(C=N)C(C)C)n1. The average molecular weight is 403 g/mol. The maximum Gasteiger partial charge on any atom is 0.263 e. The lowest BCUT2D eigenvalue weighted by Gasteiger charge is -2.23. The molecule has 0 saturated carbocycles. The van der Waals surface area contributed by atoms with Crippen LogP contribution in [0.15, 0.2) is 34.6 Å². The van der Waals surface area contributed by atoms with E-state index in [1.165, 1.54) is 18.2 Å². The van der Waals surface area contributed by atoms with Gasteiger partial charge in [0.15, 0.2) is 11.7 Å². The number of aromatic nitrogens is 1. The first kappa shape index (κ1) is 23.8. The summed E-state index contributed by atoms with van der Waals surface area (Å²) in [5.41, 5.74) is 6.20. The second-order valence-electron chi connectivity index (χ2n) is 6.66. The van der Waals surface area contributed by atoms with Crippen LogP contribution in [0.25, 0.3) is 0 Å². The molecule has 10 heteroatoms. The molecule has 0 aliphatic heterocycles. The van der Waals surface area contributed by atoms with Gasteiger partial charge in [-0.1, -0.05) is 6.07 Å². The number of ether oxygens (including phenoxy) is 1. The minimum atomic E-state index is -0.526. The summed E-state index contributed by atoms with van der Waals surface area (Å²) in [6.07, 6.45) is 2.45. The highest BCUT2D eigenvalue weighted by molar-refractivity contribution is 6.18. The zero-order chi connectivity index (χ0) is 22.0. The number of carbonyl (C=O) groups is 1. The van der Waals surface area contributed by atoms with E-state index in [0.717, 1.165) is 12.9 Å². The van der Waals surface area contributed by atoms with Gasteiger partial charge in [-0.25, -0.2) is 4.98 Å². The smallest absolute Gasteiger partial charge is 0.263 e. The lowest BCUT2D eigenvalue weighted by molar-refractivity contribution is -0.112. The molecule has 0 unspecified atom stereocenters. The molecule has 1 aromatic heterocycles. The summed E-state index contributed by atoms with van der Waals surface area (Å²) in [5.74, 6) is -0.283. The van der Waals surface area contributed by atoms with Gasteiger partial charge in [0.25, 0.3) is 5.91 Å². The number of likely N-dealkylation sites (N-methyl/N-ethyl adjacent to an activating group) is 1. The van der Waals surface area contributed by atoms with Crippen LogP contribution in [0.5, 0.6) is 0 Å². The van der Waals surface area contributed by atoms with Gasteiger partial charge in [0, 0.05) is 18.8 Å². The van der Waals surface area contributed by atoms with E-state index in [0.29, 0.717) is 12.2 Å². The van der Waals surface area contributed by atoms with Crippen molar-refractivity contribution < 1.29 is 9.53 Å². The molecule has 0 aliphatic carbocycles. The van der Waals surface area contributed by atoms with E-state index in [2.05, 4.69) is 15.3 Å². The Morgan fingerprint density at radius 2 is 2.10 bits per heavy atom. The van der Waals surface area contributed by atoms with E-state index in [1.54, 1.807) is 18.2 Å². The monoisotopic (exact) mass is 402 g/mol. The molecule has 0 saturated heterocycles. The van der Waals surface area contributed by atoms with Crippen LogP contribution < -0.4 is 11.1 Å². The van der Waals surface area contributed by atoms with Crippen LogP contribution in [-0.2, 0) is 9.53 Å². The van der Waals surface area contributed by atoms with Crippen molar-refractivity contribution in [3.05, 3.63) is 35.3 Å². The molecular formula is C19H30N8O2. The first-order chi connectivity index (χ1) is 13.7. The third kappa shape index (κ3) is 7.34. The van der Waals surface area contributed by atoms with E-state index in [1.807, 2.05) is 32.8 Å². The van der Waals surface area contributed by atoms with Crippen LogP contribution in [0.4, 0.5) is 5.82 Å². The van der Waals surface area contributed by atoms with E-state index < -0.39 is 5.91 Å². The fraction of sp³-hybridized carbons (Fsp3) is 0.421. The lowest BCUT2D eigenvalue weighted by Crippen LogP contribution is -2.36. The van der Waals surface area contributed by atoms with Crippen molar-refractivity contribution in [3.63, 3.8) is 0 Å². The Bertz CT molecular complexity index is 786. The number of hydrogen-bond acceptors (Lipinski definition) is 8. The fourth-order valence-corrected chi connectivity index (χ4v) is 2.18. The molecule has 158 valence electrons. The zero-order valence-corrected chi connectivity index (χ0v) is 17.6. The van der Waals surface area contributed by atoms with Gasteiger partial charge in [-0.2, -0.15) is 0 Å². The van der Waals surface area contributed by atoms with E-state index in [-0.39, 0.29) is 29.2 Å². The van der Waals surface area contributed by atoms with Crippen molar-refractivity contribution in [2.45, 2.75) is 19.9 Å². The molecule has 10 nitrogen and oxygen atoms in total. The predicted molar refractivity (Wildman–Crippen MR) is 116 cm³/mol. The molecule has 0 bridgehead atoms. The quantitative estimate of drug-likeness (QED) is 0.200. The number of rotatable bonds is 10. The molecule has 0 aromatic carbocycles. The van der Waals surface area contributed by atoms with Crippen molar-refractivity contribution in [3.8, 4) is 0 Å². The van der Waals surface area contributed by atoms with Crippen LogP contribution in [0.3, 0.4) is 0 Å². The van der Waals surface area contributed by atoms with Crippen LogP contribution >= 0.6 is 0 Å². The summed E-state index contributed by atoms with van der Waals surface area (Å²) in [5, 5.41) is 18.4. The molecule has 29 heavy (non-hydrogen) atoms. The van der Waals surface area contributed by atoms with Crippen LogP contribution in [0.1, 0.15) is 19.5 Å². The van der Waals surface area contributed by atoms with Crippen molar-refractivity contribution >= 4 is 30.1 Å². The summed E-state index contributed by atoms with van der Waals surface area (Å²) < 4.78 is 4.99. The van der Waals surface area contributed by atoms with Crippen molar-refractivity contribution in [2.24, 2.45) is 10.7 Å². The zero-order valence-electron chi connectivity index (χ0n) is 17.6. The van der Waals surface area contributed by atoms with Gasteiger partial charge in [-0.05, 0) is 40.1 Å². The Morgan fingerprint density at radius 3 is 2.66 bits per heavy atom. The number of nitrogens with two attached hydrogens (primary N) is 1. The highest BCUT2D eigenvalue weighted by Gasteiger charge is 2.17. The summed E-state index contributed by atoms with van der Waals surface area (Å²) in [6, 6.07) is 4.83. The minimum Gasteiger partial charge on any atom is -0.482 e. The average Bonchev–Trinajstić information content (AvgIpc) is 2.67. The Labute approximate surface area is 171 Å². The summed E-state index contributed by atoms with van der Waals surface area (Å²) >= 11 is 0. The molecule has 1 rings (SSSR count). The first-order valence-electron chi connectivity index (χ1n) is 9.05. The normalized spacial score (nSPS) is 12.1. The molecule has 0 fully saturated rings. The molecule has 1 aromatic rings. The summed E-state index contributed by atoms with van der Waals surface area (Å²) in [7, 11) is 5.23. The van der Waals surface area contributed by atoms with Gasteiger partial charge >= 0.3 is 0 Å². The van der Waals surface area contributed by atoms with Crippen LogP contribution in [-0.4, -0.2) is 79.4 Å². The highest BCUT2D eigenvalue weighted by atomic mass is 16.5. The number of amides is 1. The Balaban J connectivity index is 3.01.